The van der Waals surface area contributed by atoms with Gasteiger partial charge in [-0.3, -0.25) is 14.5 Å². The van der Waals surface area contributed by atoms with Gasteiger partial charge in [-0.15, -0.1) is 23.1 Å². The summed E-state index contributed by atoms with van der Waals surface area (Å²) in [4.78, 5) is 68.4. The van der Waals surface area contributed by atoms with Crippen molar-refractivity contribution in [2.24, 2.45) is 5.16 Å². The Bertz CT molecular complexity index is 1530. The van der Waals surface area contributed by atoms with E-state index in [0.717, 1.165) is 16.2 Å². The molecule has 1 fully saturated rings. The number of β-lactam (4-membered cyclic amide) rings is 1. The highest BCUT2D eigenvalue weighted by Gasteiger charge is 2.54. The van der Waals surface area contributed by atoms with Crippen LogP contribution in [0.1, 0.15) is 26.5 Å². The molecule has 2 aromatic heterocycles. The lowest BCUT2D eigenvalue weighted by atomic mass is 10.0. The monoisotopic (exact) mass is 639 g/mol. The lowest BCUT2D eigenvalue weighted by Crippen LogP contribution is -2.71. The van der Waals surface area contributed by atoms with Crippen LogP contribution in [0.4, 0.5) is 17.0 Å². The summed E-state index contributed by atoms with van der Waals surface area (Å²) in [6, 6.07) is -1.09. The van der Waals surface area contributed by atoms with Crippen molar-refractivity contribution in [3.8, 4) is 0 Å². The van der Waals surface area contributed by atoms with E-state index < -0.39 is 46.5 Å². The minimum Gasteiger partial charge on any atom is -0.478 e. The van der Waals surface area contributed by atoms with E-state index in [1.54, 1.807) is 4.57 Å². The van der Waals surface area contributed by atoms with Crippen LogP contribution in [0.15, 0.2) is 27.0 Å². The number of carbonyl (C=O) groups excluding carboxylic acids is 2. The van der Waals surface area contributed by atoms with Gasteiger partial charge in [0, 0.05) is 16.9 Å². The van der Waals surface area contributed by atoms with Crippen LogP contribution in [-0.2, 0) is 30.6 Å². The molecule has 17 nitrogen and oxygen atoms in total. The van der Waals surface area contributed by atoms with E-state index in [0.29, 0.717) is 17.3 Å². The van der Waals surface area contributed by atoms with Gasteiger partial charge in [-0.2, -0.15) is 0 Å². The number of carboxylic acid groups (broad SMARTS) is 2. The number of nitrogens with two attached hydrogens (primary N) is 3. The number of rotatable bonds is 11. The molecule has 2 unspecified atom stereocenters. The first kappa shape index (κ1) is 30.8. The molecule has 4 heterocycles. The van der Waals surface area contributed by atoms with Crippen LogP contribution in [0.25, 0.3) is 0 Å². The van der Waals surface area contributed by atoms with Crippen LogP contribution in [0.5, 0.6) is 0 Å². The molecule has 42 heavy (non-hydrogen) atoms. The minimum atomic E-state index is -1.77. The van der Waals surface area contributed by atoms with Crippen LogP contribution in [0.3, 0.4) is 0 Å². The third-order valence-corrected chi connectivity index (χ3v) is 9.11. The number of thiazole rings is 1. The Balaban J connectivity index is 1.54. The number of aliphatic carboxylic acids is 2. The number of oxime groups is 1. The lowest BCUT2D eigenvalue weighted by molar-refractivity contribution is -0.722. The summed E-state index contributed by atoms with van der Waals surface area (Å²) in [6.07, 6.45) is 0. The number of carboxylic acids is 2. The predicted octanol–water partition coefficient (Wildman–Crippen LogP) is -0.898. The van der Waals surface area contributed by atoms with Crippen LogP contribution in [0, 0.1) is 0 Å². The number of nitrogens with one attached hydrogen (secondary N) is 1. The fourth-order valence-corrected chi connectivity index (χ4v) is 6.92. The molecule has 2 atom stereocenters. The van der Waals surface area contributed by atoms with E-state index in [4.69, 9.17) is 22.0 Å². The molecule has 224 valence electrons. The molecule has 0 radical (unpaired) electrons. The Hall–Kier alpha value is -4.17. The standard InChI is InChI=1S/C22H26N10O7S3/c1-4-31-19(24)28-18(23)29-21(31)42-6-8-5-40-15-11(14(34)32(15)12(8)16(35)36)27-13(33)10(9-7-41-20(25)26-9)30-39-22(2,3)17(37)38/h7,11,15H,4-6H2,1-3H3,(H8,23,24,25,26,27,28,33,35,36,37,38)/p+1/b30-10+. The van der Waals surface area contributed by atoms with Crippen molar-refractivity contribution >= 4 is 81.4 Å². The Morgan fingerprint density at radius 2 is 1.98 bits per heavy atom. The van der Waals surface area contributed by atoms with Crippen molar-refractivity contribution in [3.63, 3.8) is 0 Å². The molecule has 1 saturated heterocycles. The molecule has 2 aromatic rings. The molecule has 0 aromatic carbocycles. The number of anilines is 3. The number of aromatic nitrogens is 4. The molecule has 4 rings (SSSR count). The highest BCUT2D eigenvalue weighted by atomic mass is 32.2. The van der Waals surface area contributed by atoms with Gasteiger partial charge in [-0.1, -0.05) is 26.9 Å². The average Bonchev–Trinajstić information content (AvgIpc) is 3.35. The summed E-state index contributed by atoms with van der Waals surface area (Å²) >= 11 is 3.48. The Labute approximate surface area is 250 Å². The Kier molecular flexibility index (Phi) is 8.78. The lowest BCUT2D eigenvalue weighted by Gasteiger charge is -2.49. The maximum Gasteiger partial charge on any atom is 0.352 e. The van der Waals surface area contributed by atoms with E-state index in [2.05, 4.69) is 25.4 Å². The summed E-state index contributed by atoms with van der Waals surface area (Å²) in [5.74, 6) is -3.60. The molecule has 2 aliphatic heterocycles. The Morgan fingerprint density at radius 1 is 1.26 bits per heavy atom. The van der Waals surface area contributed by atoms with Crippen molar-refractivity contribution in [2.45, 2.75) is 49.5 Å². The zero-order valence-electron chi connectivity index (χ0n) is 22.4. The number of nitrogen functional groups attached to an aromatic ring is 3. The summed E-state index contributed by atoms with van der Waals surface area (Å²) in [5.41, 5.74) is 15.4. The van der Waals surface area contributed by atoms with Crippen LogP contribution < -0.4 is 27.1 Å². The average molecular weight is 640 g/mol. The van der Waals surface area contributed by atoms with Crippen molar-refractivity contribution in [1.82, 2.24) is 25.2 Å². The molecule has 2 aliphatic rings. The van der Waals surface area contributed by atoms with Crippen molar-refractivity contribution in [1.29, 1.82) is 0 Å². The fourth-order valence-electron chi connectivity index (χ4n) is 3.82. The third kappa shape index (κ3) is 6.04. The van der Waals surface area contributed by atoms with Crippen LogP contribution in [-0.4, -0.2) is 88.1 Å². The smallest absolute Gasteiger partial charge is 0.352 e. The van der Waals surface area contributed by atoms with Crippen LogP contribution in [0.2, 0.25) is 0 Å². The highest BCUT2D eigenvalue weighted by molar-refractivity contribution is 8.01. The van der Waals surface area contributed by atoms with Gasteiger partial charge in [0.05, 0.1) is 6.54 Å². The molecular formula is C22H27N10O7S3+. The van der Waals surface area contributed by atoms with Crippen molar-refractivity contribution in [2.75, 3.05) is 28.7 Å². The Morgan fingerprint density at radius 3 is 2.57 bits per heavy atom. The van der Waals surface area contributed by atoms with Crippen molar-refractivity contribution in [3.05, 3.63) is 22.3 Å². The van der Waals surface area contributed by atoms with Gasteiger partial charge >= 0.3 is 23.8 Å². The minimum absolute atomic E-state index is 0.0110. The number of carbonyl (C=O) groups is 4. The first-order valence-corrected chi connectivity index (χ1v) is 15.0. The maximum atomic E-state index is 13.2. The van der Waals surface area contributed by atoms with Gasteiger partial charge in [0.2, 0.25) is 5.60 Å². The second-order valence-corrected chi connectivity index (χ2v) is 12.2. The maximum absolute atomic E-state index is 13.2. The SMILES string of the molecule is CC[n+]1c(N)nc(N)nc1SCC1=C(C(=O)O)N2C(=O)C(NC(=O)/C(=N/OC(C)(C)C(=O)O)c3csc(N)n3)C2SC1. The van der Waals surface area contributed by atoms with E-state index in [1.807, 2.05) is 6.92 Å². The number of fused-ring (bicyclic) bond motifs is 1. The summed E-state index contributed by atoms with van der Waals surface area (Å²) < 4.78 is 1.62. The third-order valence-electron chi connectivity index (χ3n) is 6.03. The summed E-state index contributed by atoms with van der Waals surface area (Å²) in [7, 11) is 0. The molecule has 0 aliphatic carbocycles. The molecule has 0 spiro atoms. The normalized spacial score (nSPS) is 18.8. The second-order valence-electron chi connectivity index (χ2n) is 9.29. The predicted molar refractivity (Wildman–Crippen MR) is 153 cm³/mol. The number of thioether (sulfide) groups is 2. The highest BCUT2D eigenvalue weighted by Crippen LogP contribution is 2.41. The van der Waals surface area contributed by atoms with Gasteiger partial charge in [-0.05, 0) is 26.3 Å². The molecular weight excluding hydrogens is 613 g/mol. The molecule has 9 N–H and O–H groups in total. The van der Waals surface area contributed by atoms with E-state index >= 15 is 0 Å². The van der Waals surface area contributed by atoms with Gasteiger partial charge in [0.15, 0.2) is 10.8 Å². The zero-order valence-corrected chi connectivity index (χ0v) is 24.9. The number of hydrogen-bond donors (Lipinski definition) is 6. The van der Waals surface area contributed by atoms with Crippen molar-refractivity contribution < 1.29 is 38.8 Å². The first-order valence-electron chi connectivity index (χ1n) is 12.1. The molecule has 0 saturated carbocycles. The summed E-state index contributed by atoms with van der Waals surface area (Å²) in [6.45, 7) is 4.78. The van der Waals surface area contributed by atoms with E-state index in [1.165, 1.54) is 42.8 Å². The van der Waals surface area contributed by atoms with Gasteiger partial charge in [-0.25, -0.2) is 19.1 Å². The molecule has 2 amide bonds. The molecule has 0 bridgehead atoms. The van der Waals surface area contributed by atoms with E-state index in [-0.39, 0.29) is 39.9 Å². The fraction of sp³-hybridized carbons (Fsp3) is 0.409. The largest absolute Gasteiger partial charge is 0.478 e. The van der Waals surface area contributed by atoms with Gasteiger partial charge in [0.1, 0.15) is 22.8 Å². The topological polar surface area (TPSA) is 266 Å². The zero-order chi connectivity index (χ0) is 30.9. The van der Waals surface area contributed by atoms with Crippen LogP contribution >= 0.6 is 34.9 Å². The number of amides is 2. The number of hydrogen-bond acceptors (Lipinski definition) is 15. The van der Waals surface area contributed by atoms with Gasteiger partial charge < -0.3 is 37.6 Å². The number of nitrogens with zero attached hydrogens (tertiary/aromatic N) is 6. The summed E-state index contributed by atoms with van der Waals surface area (Å²) in [5, 5.41) is 26.8. The van der Waals surface area contributed by atoms with Gasteiger partial charge in [0.25, 0.3) is 17.0 Å². The molecule has 20 heteroatoms. The van der Waals surface area contributed by atoms with E-state index in [9.17, 15) is 29.4 Å². The second kappa shape index (κ2) is 12.0. The first-order chi connectivity index (χ1) is 19.7. The quantitative estimate of drug-likeness (QED) is 0.0572.